The Morgan fingerprint density at radius 1 is 1.35 bits per heavy atom. The third-order valence-corrected chi connectivity index (χ3v) is 4.27. The first-order valence-electron chi connectivity index (χ1n) is 7.47. The molecule has 4 nitrogen and oxygen atoms in total. The van der Waals surface area contributed by atoms with Crippen molar-refractivity contribution in [1.29, 1.82) is 0 Å². The predicted molar refractivity (Wildman–Crippen MR) is 79.1 cm³/mol. The van der Waals surface area contributed by atoms with E-state index in [4.69, 9.17) is 4.74 Å². The number of fused-ring (bicyclic) bond motifs is 1. The zero-order valence-corrected chi connectivity index (χ0v) is 12.0. The predicted octanol–water partition coefficient (Wildman–Crippen LogP) is 2.29. The lowest BCUT2D eigenvalue weighted by Gasteiger charge is -2.28. The first-order valence-corrected chi connectivity index (χ1v) is 7.47. The fourth-order valence-corrected chi connectivity index (χ4v) is 2.95. The molecule has 2 aliphatic rings. The first-order chi connectivity index (χ1) is 9.72. The number of carbonyl (C=O) groups excluding carboxylic acids is 1. The van der Waals surface area contributed by atoms with Gasteiger partial charge in [0.25, 0.3) is 0 Å². The number of amides is 1. The molecule has 1 amide bonds. The van der Waals surface area contributed by atoms with E-state index in [0.717, 1.165) is 56.8 Å². The molecule has 0 aliphatic carbocycles. The van der Waals surface area contributed by atoms with Crippen LogP contribution in [-0.2, 0) is 11.2 Å². The summed E-state index contributed by atoms with van der Waals surface area (Å²) in [5.41, 5.74) is 2.11. The van der Waals surface area contributed by atoms with E-state index in [1.807, 2.05) is 12.1 Å². The van der Waals surface area contributed by atoms with E-state index in [1.165, 1.54) is 5.56 Å². The Labute approximate surface area is 120 Å². The number of hydrogen-bond donors (Lipinski definition) is 1. The van der Waals surface area contributed by atoms with E-state index < -0.39 is 0 Å². The molecule has 0 atom stereocenters. The quantitative estimate of drug-likeness (QED) is 0.899. The summed E-state index contributed by atoms with van der Waals surface area (Å²) >= 11 is 0. The summed E-state index contributed by atoms with van der Waals surface area (Å²) in [7, 11) is 2.11. The van der Waals surface area contributed by atoms with Crippen molar-refractivity contribution in [3.05, 3.63) is 23.8 Å². The molecule has 0 unspecified atom stereocenters. The highest BCUT2D eigenvalue weighted by Gasteiger charge is 2.23. The summed E-state index contributed by atoms with van der Waals surface area (Å²) in [6.45, 7) is 2.82. The van der Waals surface area contributed by atoms with Crippen LogP contribution in [0.1, 0.15) is 24.8 Å². The van der Waals surface area contributed by atoms with Crippen molar-refractivity contribution in [2.75, 3.05) is 32.1 Å². The zero-order valence-electron chi connectivity index (χ0n) is 12.0. The molecular weight excluding hydrogens is 252 g/mol. The fraction of sp³-hybridized carbons (Fsp3) is 0.562. The average Bonchev–Trinajstić information content (AvgIpc) is 2.48. The van der Waals surface area contributed by atoms with E-state index in [2.05, 4.69) is 23.3 Å². The molecule has 0 radical (unpaired) electrons. The average molecular weight is 274 g/mol. The third-order valence-electron chi connectivity index (χ3n) is 4.27. The van der Waals surface area contributed by atoms with Crippen LogP contribution in [0.3, 0.4) is 0 Å². The van der Waals surface area contributed by atoms with E-state index in [1.54, 1.807) is 0 Å². The van der Waals surface area contributed by atoms with Crippen LogP contribution in [0.15, 0.2) is 18.2 Å². The summed E-state index contributed by atoms with van der Waals surface area (Å²) < 4.78 is 5.59. The van der Waals surface area contributed by atoms with Crippen LogP contribution in [0.5, 0.6) is 5.75 Å². The van der Waals surface area contributed by atoms with E-state index in [0.29, 0.717) is 0 Å². The van der Waals surface area contributed by atoms with Crippen molar-refractivity contribution in [2.45, 2.75) is 25.7 Å². The lowest BCUT2D eigenvalue weighted by Crippen LogP contribution is -2.35. The minimum absolute atomic E-state index is 0.151. The summed E-state index contributed by atoms with van der Waals surface area (Å²) in [4.78, 5) is 14.6. The Hall–Kier alpha value is -1.55. The Balaban J connectivity index is 1.64. The summed E-state index contributed by atoms with van der Waals surface area (Å²) in [5.74, 6) is 1.28. The minimum Gasteiger partial charge on any atom is -0.493 e. The van der Waals surface area contributed by atoms with Gasteiger partial charge in [-0.1, -0.05) is 0 Å². The highest BCUT2D eigenvalue weighted by molar-refractivity contribution is 5.92. The largest absolute Gasteiger partial charge is 0.493 e. The van der Waals surface area contributed by atoms with Crippen LogP contribution in [0.25, 0.3) is 0 Å². The molecule has 1 fully saturated rings. The maximum atomic E-state index is 12.3. The monoisotopic (exact) mass is 274 g/mol. The van der Waals surface area contributed by atoms with Gasteiger partial charge in [0.1, 0.15) is 5.75 Å². The normalized spacial score (nSPS) is 20.1. The molecule has 0 spiro atoms. The third kappa shape index (κ3) is 2.96. The van der Waals surface area contributed by atoms with Crippen molar-refractivity contribution >= 4 is 11.6 Å². The van der Waals surface area contributed by atoms with Gasteiger partial charge in [0, 0.05) is 11.6 Å². The van der Waals surface area contributed by atoms with Gasteiger partial charge >= 0.3 is 0 Å². The number of carbonyl (C=O) groups is 1. The van der Waals surface area contributed by atoms with Gasteiger partial charge in [-0.05, 0) is 69.6 Å². The smallest absolute Gasteiger partial charge is 0.227 e. The second-order valence-corrected chi connectivity index (χ2v) is 5.84. The van der Waals surface area contributed by atoms with Gasteiger partial charge in [-0.25, -0.2) is 0 Å². The standard InChI is InChI=1S/C16H22N2O2/c1-18-8-6-12(7-9-18)16(19)17-14-4-5-15-13(11-14)3-2-10-20-15/h4-5,11-12H,2-3,6-10H2,1H3,(H,17,19). The maximum absolute atomic E-state index is 12.3. The first kappa shape index (κ1) is 13.4. The number of benzene rings is 1. The number of likely N-dealkylation sites (tertiary alicyclic amines) is 1. The van der Waals surface area contributed by atoms with Gasteiger partial charge in [-0.3, -0.25) is 4.79 Å². The van der Waals surface area contributed by atoms with E-state index >= 15 is 0 Å². The molecule has 4 heteroatoms. The molecule has 1 saturated heterocycles. The molecule has 0 saturated carbocycles. The number of aryl methyl sites for hydroxylation is 1. The van der Waals surface area contributed by atoms with Crippen molar-refractivity contribution in [1.82, 2.24) is 4.90 Å². The molecule has 20 heavy (non-hydrogen) atoms. The topological polar surface area (TPSA) is 41.6 Å². The molecule has 2 heterocycles. The van der Waals surface area contributed by atoms with Crippen molar-refractivity contribution in [3.8, 4) is 5.75 Å². The molecule has 1 aromatic carbocycles. The highest BCUT2D eigenvalue weighted by atomic mass is 16.5. The molecule has 1 N–H and O–H groups in total. The number of piperidine rings is 1. The molecule has 108 valence electrons. The molecule has 3 rings (SSSR count). The fourth-order valence-electron chi connectivity index (χ4n) is 2.95. The highest BCUT2D eigenvalue weighted by Crippen LogP contribution is 2.28. The Kier molecular flexibility index (Phi) is 3.92. The van der Waals surface area contributed by atoms with Crippen LogP contribution < -0.4 is 10.1 Å². The van der Waals surface area contributed by atoms with Crippen LogP contribution in [0.2, 0.25) is 0 Å². The SMILES string of the molecule is CN1CCC(C(=O)Nc2ccc3c(c2)CCCO3)CC1. The van der Waals surface area contributed by atoms with Crippen molar-refractivity contribution < 1.29 is 9.53 Å². The number of hydrogen-bond acceptors (Lipinski definition) is 3. The molecule has 2 aliphatic heterocycles. The maximum Gasteiger partial charge on any atom is 0.227 e. The summed E-state index contributed by atoms with van der Waals surface area (Å²) in [6.07, 6.45) is 4.00. The number of anilines is 1. The van der Waals surface area contributed by atoms with Gasteiger partial charge in [0.15, 0.2) is 0 Å². The zero-order chi connectivity index (χ0) is 13.9. The van der Waals surface area contributed by atoms with Gasteiger partial charge in [0.05, 0.1) is 6.61 Å². The number of nitrogens with zero attached hydrogens (tertiary/aromatic N) is 1. The number of ether oxygens (including phenoxy) is 1. The molecule has 0 aromatic heterocycles. The Bertz CT molecular complexity index is 493. The number of rotatable bonds is 2. The summed E-state index contributed by atoms with van der Waals surface area (Å²) in [5, 5.41) is 3.06. The lowest BCUT2D eigenvalue weighted by molar-refractivity contribution is -0.121. The van der Waals surface area contributed by atoms with Crippen LogP contribution in [-0.4, -0.2) is 37.6 Å². The lowest BCUT2D eigenvalue weighted by atomic mass is 9.96. The van der Waals surface area contributed by atoms with Crippen molar-refractivity contribution in [2.24, 2.45) is 5.92 Å². The Morgan fingerprint density at radius 3 is 2.95 bits per heavy atom. The van der Waals surface area contributed by atoms with Crippen LogP contribution in [0.4, 0.5) is 5.69 Å². The van der Waals surface area contributed by atoms with Crippen LogP contribution in [0, 0.1) is 5.92 Å². The van der Waals surface area contributed by atoms with Gasteiger partial charge < -0.3 is 15.0 Å². The molecule has 1 aromatic rings. The second-order valence-electron chi connectivity index (χ2n) is 5.84. The molecule has 0 bridgehead atoms. The molecular formula is C16H22N2O2. The van der Waals surface area contributed by atoms with Gasteiger partial charge in [-0.15, -0.1) is 0 Å². The van der Waals surface area contributed by atoms with E-state index in [9.17, 15) is 4.79 Å². The summed E-state index contributed by atoms with van der Waals surface area (Å²) in [6, 6.07) is 5.97. The minimum atomic E-state index is 0.151. The van der Waals surface area contributed by atoms with Crippen LogP contribution >= 0.6 is 0 Å². The Morgan fingerprint density at radius 2 is 2.15 bits per heavy atom. The van der Waals surface area contributed by atoms with Gasteiger partial charge in [0.2, 0.25) is 5.91 Å². The second kappa shape index (κ2) is 5.83. The van der Waals surface area contributed by atoms with Crippen molar-refractivity contribution in [3.63, 3.8) is 0 Å². The van der Waals surface area contributed by atoms with E-state index in [-0.39, 0.29) is 11.8 Å². The number of nitrogens with one attached hydrogen (secondary N) is 1. The van der Waals surface area contributed by atoms with Gasteiger partial charge in [-0.2, -0.15) is 0 Å².